The van der Waals surface area contributed by atoms with Crippen LogP contribution in [-0.2, 0) is 0 Å². The van der Waals surface area contributed by atoms with E-state index in [1.54, 1.807) is 0 Å². The van der Waals surface area contributed by atoms with Gasteiger partial charge in [-0.3, -0.25) is 0 Å². The molecule has 52 valence electrons. The van der Waals surface area contributed by atoms with Gasteiger partial charge in [-0.25, -0.2) is 0 Å². The van der Waals surface area contributed by atoms with Crippen molar-refractivity contribution in [3.63, 3.8) is 0 Å². The van der Waals surface area contributed by atoms with Crippen LogP contribution in [0.15, 0.2) is 12.2 Å². The zero-order chi connectivity index (χ0) is 6.53. The predicted molar refractivity (Wildman–Crippen MR) is 41.4 cm³/mol. The van der Waals surface area contributed by atoms with Gasteiger partial charge in [0.25, 0.3) is 0 Å². The first-order valence-corrected chi connectivity index (χ1v) is 4.10. The molecular weight excluding hydrogens is 108 g/mol. The zero-order valence-corrected chi connectivity index (χ0v) is 6.27. The molecule has 0 nitrogen and oxygen atoms in total. The van der Waals surface area contributed by atoms with Crippen molar-refractivity contribution in [1.29, 1.82) is 0 Å². The number of hydrogen-bond donors (Lipinski definition) is 0. The minimum absolute atomic E-state index is 0.955. The summed E-state index contributed by atoms with van der Waals surface area (Å²) in [6.07, 6.45) is 11.7. The van der Waals surface area contributed by atoms with Crippen molar-refractivity contribution in [1.82, 2.24) is 0 Å². The van der Waals surface area contributed by atoms with Gasteiger partial charge in [0.15, 0.2) is 0 Å². The maximum absolute atomic E-state index is 2.40. The molecule has 0 aromatic heterocycles. The molecule has 1 aliphatic carbocycles. The Hall–Kier alpha value is -0.260. The Bertz CT molecular complexity index is 88.2. The lowest BCUT2D eigenvalue weighted by Crippen LogP contribution is -2.06. The van der Waals surface area contributed by atoms with Crippen LogP contribution < -0.4 is 0 Å². The monoisotopic (exact) mass is 124 g/mol. The Morgan fingerprint density at radius 1 is 1.44 bits per heavy atom. The van der Waals surface area contributed by atoms with E-state index in [0.717, 1.165) is 5.92 Å². The fourth-order valence-corrected chi connectivity index (χ4v) is 1.09. The smallest absolute Gasteiger partial charge is 0.0234 e. The fourth-order valence-electron chi connectivity index (χ4n) is 1.09. The van der Waals surface area contributed by atoms with Gasteiger partial charge in [0.2, 0.25) is 0 Å². The molecule has 1 fully saturated rings. The van der Waals surface area contributed by atoms with Crippen LogP contribution >= 0.6 is 0 Å². The largest absolute Gasteiger partial charge is 0.0883 e. The lowest BCUT2D eigenvalue weighted by Gasteiger charge is -2.21. The third-order valence-corrected chi connectivity index (χ3v) is 2.01. The molecule has 1 rings (SSSR count). The summed E-state index contributed by atoms with van der Waals surface area (Å²) >= 11 is 0. The molecule has 0 atom stereocenters. The first-order valence-electron chi connectivity index (χ1n) is 4.10. The van der Waals surface area contributed by atoms with Crippen LogP contribution in [0.1, 0.15) is 39.0 Å². The molecule has 1 saturated carbocycles. The van der Waals surface area contributed by atoms with Crippen LogP contribution in [-0.4, -0.2) is 0 Å². The molecule has 0 aliphatic heterocycles. The summed E-state index contributed by atoms with van der Waals surface area (Å²) in [6.45, 7) is 2.23. The average Bonchev–Trinajstić information content (AvgIpc) is 1.76. The molecule has 0 saturated heterocycles. The molecule has 0 heteroatoms. The topological polar surface area (TPSA) is 0 Å². The Morgan fingerprint density at radius 3 is 2.67 bits per heavy atom. The molecule has 0 aromatic rings. The fraction of sp³-hybridized carbons (Fsp3) is 0.778. The Kier molecular flexibility index (Phi) is 2.82. The molecule has 0 unspecified atom stereocenters. The second-order valence-electron chi connectivity index (χ2n) is 2.91. The summed E-state index contributed by atoms with van der Waals surface area (Å²) in [5, 5.41) is 0. The van der Waals surface area contributed by atoms with E-state index >= 15 is 0 Å². The van der Waals surface area contributed by atoms with Gasteiger partial charge in [-0.2, -0.15) is 0 Å². The van der Waals surface area contributed by atoms with E-state index in [1.165, 1.54) is 32.1 Å². The predicted octanol–water partition coefficient (Wildman–Crippen LogP) is 3.14. The minimum atomic E-state index is 0.955. The first kappa shape index (κ1) is 6.85. The summed E-state index contributed by atoms with van der Waals surface area (Å²) in [4.78, 5) is 0. The summed E-state index contributed by atoms with van der Waals surface area (Å²) < 4.78 is 0. The van der Waals surface area contributed by atoms with Crippen molar-refractivity contribution < 1.29 is 0 Å². The van der Waals surface area contributed by atoms with E-state index in [-0.39, 0.29) is 0 Å². The summed E-state index contributed by atoms with van der Waals surface area (Å²) in [5.41, 5.74) is 0. The second kappa shape index (κ2) is 3.71. The van der Waals surface area contributed by atoms with Gasteiger partial charge in [-0.1, -0.05) is 31.9 Å². The maximum Gasteiger partial charge on any atom is -0.0234 e. The van der Waals surface area contributed by atoms with Gasteiger partial charge in [0.05, 0.1) is 0 Å². The summed E-state index contributed by atoms with van der Waals surface area (Å²) in [7, 11) is 0. The second-order valence-corrected chi connectivity index (χ2v) is 2.91. The van der Waals surface area contributed by atoms with Crippen LogP contribution in [0.3, 0.4) is 0 Å². The number of hydrogen-bond acceptors (Lipinski definition) is 0. The quantitative estimate of drug-likeness (QED) is 0.507. The summed E-state index contributed by atoms with van der Waals surface area (Å²) in [6, 6.07) is 0. The van der Waals surface area contributed by atoms with Crippen molar-refractivity contribution in [2.45, 2.75) is 39.0 Å². The minimum Gasteiger partial charge on any atom is -0.0883 e. The molecule has 1 aliphatic rings. The number of unbranched alkanes of at least 4 members (excludes halogenated alkanes) is 1. The lowest BCUT2D eigenvalue weighted by atomic mass is 9.85. The van der Waals surface area contributed by atoms with Crippen LogP contribution in [0.5, 0.6) is 0 Å². The van der Waals surface area contributed by atoms with Crippen LogP contribution in [0.2, 0.25) is 0 Å². The Balaban J connectivity index is 2.00. The summed E-state index contributed by atoms with van der Waals surface area (Å²) in [5.74, 6) is 0.955. The highest BCUT2D eigenvalue weighted by Crippen LogP contribution is 2.27. The van der Waals surface area contributed by atoms with E-state index < -0.39 is 0 Å². The highest BCUT2D eigenvalue weighted by molar-refractivity contribution is 4.92. The van der Waals surface area contributed by atoms with Gasteiger partial charge in [0, 0.05) is 0 Å². The molecule has 0 spiro atoms. The van der Waals surface area contributed by atoms with E-state index in [9.17, 15) is 0 Å². The number of allylic oxidation sites excluding steroid dienone is 2. The Morgan fingerprint density at radius 2 is 2.22 bits per heavy atom. The average molecular weight is 124 g/mol. The van der Waals surface area contributed by atoms with Crippen LogP contribution in [0.25, 0.3) is 0 Å². The van der Waals surface area contributed by atoms with Crippen molar-refractivity contribution in [3.8, 4) is 0 Å². The van der Waals surface area contributed by atoms with E-state index in [4.69, 9.17) is 0 Å². The normalized spacial score (nSPS) is 20.6. The van der Waals surface area contributed by atoms with E-state index in [2.05, 4.69) is 19.1 Å². The van der Waals surface area contributed by atoms with Crippen molar-refractivity contribution in [3.05, 3.63) is 12.2 Å². The van der Waals surface area contributed by atoms with Gasteiger partial charge < -0.3 is 0 Å². The zero-order valence-electron chi connectivity index (χ0n) is 6.27. The standard InChI is InChI=1S/C9H16/c1-2-3-4-6-9-7-5-8-9/h4,6,9H,2-3,5,7-8H2,1H3/b6-4-. The third-order valence-electron chi connectivity index (χ3n) is 2.01. The van der Waals surface area contributed by atoms with E-state index in [0.29, 0.717) is 0 Å². The highest BCUT2D eigenvalue weighted by Gasteiger charge is 2.12. The lowest BCUT2D eigenvalue weighted by molar-refractivity contribution is 0.387. The maximum atomic E-state index is 2.40. The van der Waals surface area contributed by atoms with Gasteiger partial charge in [-0.05, 0) is 25.2 Å². The molecule has 0 heterocycles. The molecule has 0 aromatic carbocycles. The first-order chi connectivity index (χ1) is 4.43. The number of rotatable bonds is 3. The molecule has 0 bridgehead atoms. The van der Waals surface area contributed by atoms with E-state index in [1.807, 2.05) is 0 Å². The van der Waals surface area contributed by atoms with Crippen LogP contribution in [0.4, 0.5) is 0 Å². The highest BCUT2D eigenvalue weighted by atomic mass is 14.2. The van der Waals surface area contributed by atoms with Crippen molar-refractivity contribution in [2.75, 3.05) is 0 Å². The Labute approximate surface area is 58.0 Å². The molecular formula is C9H16. The molecule has 9 heavy (non-hydrogen) atoms. The molecule has 0 radical (unpaired) electrons. The van der Waals surface area contributed by atoms with Crippen LogP contribution in [0, 0.1) is 5.92 Å². The van der Waals surface area contributed by atoms with Gasteiger partial charge in [0.1, 0.15) is 0 Å². The molecule has 0 amide bonds. The van der Waals surface area contributed by atoms with Crippen molar-refractivity contribution >= 4 is 0 Å². The van der Waals surface area contributed by atoms with Crippen molar-refractivity contribution in [2.24, 2.45) is 5.92 Å². The third kappa shape index (κ3) is 2.21. The molecule has 0 N–H and O–H groups in total. The SMILES string of the molecule is CCC/C=C\C1CCC1. The van der Waals surface area contributed by atoms with Gasteiger partial charge in [-0.15, -0.1) is 0 Å². The van der Waals surface area contributed by atoms with Gasteiger partial charge >= 0.3 is 0 Å².